The van der Waals surface area contributed by atoms with Crippen LogP contribution in [-0.4, -0.2) is 69.0 Å². The van der Waals surface area contributed by atoms with Crippen molar-refractivity contribution in [2.45, 2.75) is 63.6 Å². The quantitative estimate of drug-likeness (QED) is 0.286. The molecule has 2 N–H and O–H groups in total. The van der Waals surface area contributed by atoms with Crippen LogP contribution in [-0.2, 0) is 46.5 Å². The smallest absolute Gasteiger partial charge is 0.382 e. The van der Waals surface area contributed by atoms with E-state index >= 15 is 0 Å². The van der Waals surface area contributed by atoms with Crippen LogP contribution in [0, 0.1) is 0 Å². The van der Waals surface area contributed by atoms with E-state index in [9.17, 15) is 18.7 Å². The molecule has 15 heteroatoms. The van der Waals surface area contributed by atoms with E-state index in [4.69, 9.17) is 27.8 Å². The van der Waals surface area contributed by atoms with Gasteiger partial charge in [0.05, 0.1) is 6.61 Å². The van der Waals surface area contributed by atoms with Crippen molar-refractivity contribution < 1.29 is 46.5 Å². The Bertz CT molecular complexity index is 657. The van der Waals surface area contributed by atoms with Crippen molar-refractivity contribution in [3.8, 4) is 0 Å². The summed E-state index contributed by atoms with van der Waals surface area (Å²) >= 11 is 3.73. The molecule has 2 amide bonds. The van der Waals surface area contributed by atoms with Crippen molar-refractivity contribution in [3.63, 3.8) is 0 Å². The third-order valence-corrected chi connectivity index (χ3v) is 5.79. The minimum atomic E-state index is -2.57. The molecule has 2 heterocycles. The average Bonchev–Trinajstić information content (AvgIpc) is 3.15. The lowest BCUT2D eigenvalue weighted by atomic mass is 10.2. The summed E-state index contributed by atoms with van der Waals surface area (Å²) in [4.78, 5) is 22.4. The molecular formula is C15H26N2O10P2S+2. The molecule has 2 rings (SSSR count). The fraction of sp³-hybridized carbons (Fsp3) is 0.867. The van der Waals surface area contributed by atoms with Crippen LogP contribution in [0.3, 0.4) is 0 Å². The molecule has 12 nitrogen and oxygen atoms in total. The van der Waals surface area contributed by atoms with Crippen molar-refractivity contribution in [2.24, 2.45) is 0 Å². The molecule has 2 saturated heterocycles. The predicted molar refractivity (Wildman–Crippen MR) is 106 cm³/mol. The van der Waals surface area contributed by atoms with Gasteiger partial charge in [-0.1, -0.05) is 0 Å². The minimum absolute atomic E-state index is 0.180. The van der Waals surface area contributed by atoms with Crippen molar-refractivity contribution >= 4 is 39.5 Å². The van der Waals surface area contributed by atoms with Gasteiger partial charge in [-0.25, -0.2) is 0 Å². The Morgan fingerprint density at radius 1 is 0.967 bits per heavy atom. The Labute approximate surface area is 181 Å². The molecule has 170 valence electrons. The molecule has 0 spiro atoms. The summed E-state index contributed by atoms with van der Waals surface area (Å²) in [5, 5.41) is 5.19. The van der Waals surface area contributed by atoms with Gasteiger partial charge in [-0.05, 0) is 4.57 Å². The summed E-state index contributed by atoms with van der Waals surface area (Å²) in [6.07, 6.45) is -3.31. The van der Waals surface area contributed by atoms with E-state index in [1.54, 1.807) is 0 Å². The fourth-order valence-corrected chi connectivity index (χ4v) is 4.73. The summed E-state index contributed by atoms with van der Waals surface area (Å²) in [5.74, 6) is -0.567. The predicted octanol–water partition coefficient (Wildman–Crippen LogP) is 1.17. The van der Waals surface area contributed by atoms with Crippen LogP contribution in [0.1, 0.15) is 26.7 Å². The first-order chi connectivity index (χ1) is 14.2. The minimum Gasteiger partial charge on any atom is -0.382 e. The summed E-state index contributed by atoms with van der Waals surface area (Å²) in [7, 11) is -3.29. The second-order valence-electron chi connectivity index (χ2n) is 6.70. The Kier molecular flexibility index (Phi) is 10.5. The van der Waals surface area contributed by atoms with Gasteiger partial charge in [0, 0.05) is 38.4 Å². The first-order valence-electron chi connectivity index (χ1n) is 9.11. The van der Waals surface area contributed by atoms with Gasteiger partial charge in [-0.2, -0.15) is 0 Å². The Hall–Kier alpha value is -0.750. The second kappa shape index (κ2) is 12.3. The maximum absolute atomic E-state index is 12.3. The maximum Gasteiger partial charge on any atom is 0.697 e. The lowest BCUT2D eigenvalue weighted by Crippen LogP contribution is -2.33. The van der Waals surface area contributed by atoms with Crippen LogP contribution in [0.25, 0.3) is 0 Å². The highest BCUT2D eigenvalue weighted by Gasteiger charge is 2.46. The normalized spacial score (nSPS) is 32.0. The third-order valence-electron chi connectivity index (χ3n) is 4.25. The van der Waals surface area contributed by atoms with Crippen molar-refractivity contribution in [1.29, 1.82) is 0 Å². The van der Waals surface area contributed by atoms with Crippen LogP contribution >= 0.6 is 27.7 Å². The first kappa shape index (κ1) is 25.5. The van der Waals surface area contributed by atoms with Crippen LogP contribution < -0.4 is 10.6 Å². The molecule has 0 aromatic heterocycles. The number of methoxy groups -OCH3 is 1. The highest BCUT2D eigenvalue weighted by molar-refractivity contribution is 8.39. The molecule has 0 aromatic carbocycles. The number of thiol groups is 1. The molecule has 2 fully saturated rings. The zero-order chi connectivity index (χ0) is 22.3. The van der Waals surface area contributed by atoms with Gasteiger partial charge in [0.2, 0.25) is 11.8 Å². The van der Waals surface area contributed by atoms with E-state index < -0.39 is 52.4 Å². The van der Waals surface area contributed by atoms with Gasteiger partial charge in [0.1, 0.15) is 55.7 Å². The van der Waals surface area contributed by atoms with Crippen LogP contribution in [0.2, 0.25) is 0 Å². The zero-order valence-electron chi connectivity index (χ0n) is 16.7. The van der Waals surface area contributed by atoms with E-state index in [0.717, 1.165) is 0 Å². The molecular weight excluding hydrogens is 462 g/mol. The van der Waals surface area contributed by atoms with E-state index in [0.29, 0.717) is 0 Å². The zero-order valence-corrected chi connectivity index (χ0v) is 19.4. The molecule has 0 aliphatic carbocycles. The monoisotopic (exact) mass is 488 g/mol. The van der Waals surface area contributed by atoms with Gasteiger partial charge in [0.15, 0.2) is 0 Å². The highest BCUT2D eigenvalue weighted by Crippen LogP contribution is 2.38. The molecule has 30 heavy (non-hydrogen) atoms. The number of rotatable bonds is 11. The topological polar surface area (TPSA) is 148 Å². The third kappa shape index (κ3) is 8.41. The molecule has 8 atom stereocenters. The lowest BCUT2D eigenvalue weighted by molar-refractivity contribution is -0.124. The summed E-state index contributed by atoms with van der Waals surface area (Å²) in [6, 6.07) is 0. The first-order valence-corrected chi connectivity index (χ1v) is 12.5. The van der Waals surface area contributed by atoms with E-state index in [-0.39, 0.29) is 37.9 Å². The van der Waals surface area contributed by atoms with E-state index in [1.165, 1.54) is 21.0 Å². The Morgan fingerprint density at radius 2 is 1.47 bits per heavy atom. The van der Waals surface area contributed by atoms with Crippen molar-refractivity contribution in [3.05, 3.63) is 0 Å². The average molecular weight is 488 g/mol. The van der Waals surface area contributed by atoms with Crippen LogP contribution in [0.4, 0.5) is 0 Å². The standard InChI is InChI=1S/C15H24N2O10P2S/c1-8(18)16-14-4-10(12(24-14)6-22-3)26-28(20)23-7-13-11(27-29(21)30)5-15(25-13)17-9(2)19/h10-15H,4-7H2,1-3H3,(H-2,16,17,18,19,21,30)/p+2/t10-,11-,12+,13+,14+,15+/m0/s1. The SMILES string of the molecule is COC[C@H]1O[C@@H](NC(C)=O)C[C@@H]1O[P+](=O)OC[C@H]1O[C@@H](NC(C)=O)C[C@@H]1O[P+](=O)S. The molecule has 0 bridgehead atoms. The fourth-order valence-electron chi connectivity index (χ4n) is 3.14. The summed E-state index contributed by atoms with van der Waals surface area (Å²) in [5.41, 5.74) is 0. The van der Waals surface area contributed by atoms with Gasteiger partial charge >= 0.3 is 15.5 Å². The van der Waals surface area contributed by atoms with Crippen molar-refractivity contribution in [1.82, 2.24) is 10.6 Å². The van der Waals surface area contributed by atoms with Crippen LogP contribution in [0.5, 0.6) is 0 Å². The molecule has 0 aromatic rings. The van der Waals surface area contributed by atoms with E-state index in [1.807, 2.05) is 0 Å². The number of carbonyl (C=O) groups is 2. The van der Waals surface area contributed by atoms with Gasteiger partial charge in [-0.3, -0.25) is 9.59 Å². The summed E-state index contributed by atoms with van der Waals surface area (Å²) in [6.45, 7) is 2.68. The lowest BCUT2D eigenvalue weighted by Gasteiger charge is -2.14. The number of carbonyl (C=O) groups excluding carboxylic acids is 2. The maximum atomic E-state index is 12.3. The van der Waals surface area contributed by atoms with Crippen LogP contribution in [0.15, 0.2) is 0 Å². The Morgan fingerprint density at radius 3 is 1.93 bits per heavy atom. The largest absolute Gasteiger partial charge is 0.697 e. The number of amides is 2. The number of hydrogen-bond acceptors (Lipinski definition) is 10. The van der Waals surface area contributed by atoms with Gasteiger partial charge < -0.3 is 24.8 Å². The molecule has 2 unspecified atom stereocenters. The Balaban J connectivity index is 1.87. The van der Waals surface area contributed by atoms with Gasteiger partial charge in [-0.15, -0.1) is 13.6 Å². The van der Waals surface area contributed by atoms with E-state index in [2.05, 4.69) is 22.9 Å². The molecule has 0 saturated carbocycles. The van der Waals surface area contributed by atoms with Crippen molar-refractivity contribution in [2.75, 3.05) is 20.3 Å². The molecule has 0 radical (unpaired) electrons. The number of hydrogen-bond donors (Lipinski definition) is 3. The molecule has 2 aliphatic rings. The second-order valence-corrected chi connectivity index (χ2v) is 9.28. The summed E-state index contributed by atoms with van der Waals surface area (Å²) < 4.78 is 55.8. The number of nitrogens with one attached hydrogen (secondary N) is 2. The highest BCUT2D eigenvalue weighted by atomic mass is 32.7. The molecule has 2 aliphatic heterocycles. The van der Waals surface area contributed by atoms with Gasteiger partial charge in [0.25, 0.3) is 0 Å². The number of ether oxygens (including phenoxy) is 3.